The summed E-state index contributed by atoms with van der Waals surface area (Å²) in [6, 6.07) is 8.91. The monoisotopic (exact) mass is 228 g/mol. The summed E-state index contributed by atoms with van der Waals surface area (Å²) in [6.45, 7) is 0. The maximum absolute atomic E-state index is 10.7. The third kappa shape index (κ3) is 1.42. The van der Waals surface area contributed by atoms with Crippen molar-refractivity contribution in [2.45, 2.75) is 31.1 Å². The number of nitriles is 1. The number of hydrogen-bond acceptors (Lipinski definition) is 3. The second-order valence-electron chi connectivity index (χ2n) is 5.35. The lowest BCUT2D eigenvalue weighted by atomic mass is 9.57. The number of nitro benzene ring substituents is 1. The Morgan fingerprint density at radius 1 is 1.35 bits per heavy atom. The summed E-state index contributed by atoms with van der Waals surface area (Å²) in [5.41, 5.74) is 0.823. The minimum absolute atomic E-state index is 0.0777. The minimum atomic E-state index is -0.470. The highest BCUT2D eigenvalue weighted by atomic mass is 16.6. The molecule has 2 fully saturated rings. The first-order valence-corrected chi connectivity index (χ1v) is 5.76. The van der Waals surface area contributed by atoms with E-state index in [1.807, 2.05) is 6.07 Å². The van der Waals surface area contributed by atoms with E-state index in [0.717, 1.165) is 18.4 Å². The highest BCUT2D eigenvalue weighted by Crippen LogP contribution is 2.68. The van der Waals surface area contributed by atoms with E-state index >= 15 is 0 Å². The zero-order valence-electron chi connectivity index (χ0n) is 9.35. The van der Waals surface area contributed by atoms with Crippen LogP contribution in [0.25, 0.3) is 0 Å². The molecule has 2 saturated carbocycles. The van der Waals surface area contributed by atoms with Crippen LogP contribution in [0.1, 0.15) is 31.2 Å². The lowest BCUT2D eigenvalue weighted by Crippen LogP contribution is -2.41. The van der Waals surface area contributed by atoms with Crippen LogP contribution < -0.4 is 0 Å². The van der Waals surface area contributed by atoms with Gasteiger partial charge in [-0.15, -0.1) is 0 Å². The zero-order chi connectivity index (χ0) is 12.1. The Balaban J connectivity index is 1.95. The molecule has 0 aliphatic heterocycles. The van der Waals surface area contributed by atoms with Crippen LogP contribution in [0.3, 0.4) is 0 Å². The highest BCUT2D eigenvalue weighted by molar-refractivity contribution is 5.45. The Hall–Kier alpha value is -1.89. The molecule has 0 heterocycles. The number of non-ortho nitro benzene ring substituents is 1. The molecular formula is C13H12N2O2. The summed E-state index contributed by atoms with van der Waals surface area (Å²) in [4.78, 5) is 10.3. The normalized spacial score (nSPS) is 22.5. The van der Waals surface area contributed by atoms with Crippen LogP contribution in [0.5, 0.6) is 0 Å². The van der Waals surface area contributed by atoms with Gasteiger partial charge in [0.2, 0.25) is 0 Å². The largest absolute Gasteiger partial charge is 0.269 e. The molecule has 0 saturated heterocycles. The van der Waals surface area contributed by atoms with Gasteiger partial charge < -0.3 is 0 Å². The van der Waals surface area contributed by atoms with Gasteiger partial charge in [-0.1, -0.05) is 12.1 Å². The van der Waals surface area contributed by atoms with Crippen LogP contribution >= 0.6 is 0 Å². The molecule has 0 bridgehead atoms. The van der Waals surface area contributed by atoms with Crippen LogP contribution in [0.4, 0.5) is 5.69 Å². The molecule has 4 heteroatoms. The Morgan fingerprint density at radius 3 is 2.59 bits per heavy atom. The van der Waals surface area contributed by atoms with Gasteiger partial charge >= 0.3 is 0 Å². The summed E-state index contributed by atoms with van der Waals surface area (Å²) in [6.07, 6.45) is 4.17. The number of benzene rings is 1. The average molecular weight is 228 g/mol. The molecule has 1 spiro atoms. The highest BCUT2D eigenvalue weighted by Gasteiger charge is 2.62. The van der Waals surface area contributed by atoms with E-state index < -0.39 is 10.3 Å². The molecule has 1 aromatic carbocycles. The van der Waals surface area contributed by atoms with Gasteiger partial charge in [0.25, 0.3) is 5.69 Å². The fourth-order valence-corrected chi connectivity index (χ4v) is 3.02. The standard InChI is InChI=1S/C13H12N2O2/c14-9-13(7-12(8-13)4-5-12)10-2-1-3-11(6-10)15(16)17/h1-3,6H,4-5,7-8H2. The molecule has 0 unspecified atom stereocenters. The van der Waals surface area contributed by atoms with Crippen molar-refractivity contribution in [2.24, 2.45) is 5.41 Å². The molecule has 0 N–H and O–H groups in total. The van der Waals surface area contributed by atoms with Gasteiger partial charge in [-0.25, -0.2) is 0 Å². The second kappa shape index (κ2) is 3.07. The van der Waals surface area contributed by atoms with E-state index in [4.69, 9.17) is 0 Å². The third-order valence-corrected chi connectivity index (χ3v) is 4.13. The Labute approximate surface area is 99.0 Å². The van der Waals surface area contributed by atoms with Gasteiger partial charge in [-0.3, -0.25) is 10.1 Å². The molecule has 0 atom stereocenters. The van der Waals surface area contributed by atoms with Crippen LogP contribution in [-0.4, -0.2) is 4.92 Å². The lowest BCUT2D eigenvalue weighted by molar-refractivity contribution is -0.385. The summed E-state index contributed by atoms with van der Waals surface area (Å²) < 4.78 is 0. The molecule has 86 valence electrons. The molecule has 1 aromatic rings. The van der Waals surface area contributed by atoms with Crippen LogP contribution in [-0.2, 0) is 5.41 Å². The van der Waals surface area contributed by atoms with Crippen molar-refractivity contribution >= 4 is 5.69 Å². The van der Waals surface area contributed by atoms with Crippen LogP contribution in [0, 0.1) is 26.9 Å². The number of rotatable bonds is 2. The average Bonchev–Trinajstić information content (AvgIpc) is 3.06. The SMILES string of the molecule is N#CC1(c2cccc([N+](=O)[O-])c2)CC2(CC2)C1. The van der Waals surface area contributed by atoms with Gasteiger partial charge in [-0.05, 0) is 36.7 Å². The number of hydrogen-bond donors (Lipinski definition) is 0. The van der Waals surface area contributed by atoms with Crippen molar-refractivity contribution in [3.8, 4) is 6.07 Å². The van der Waals surface area contributed by atoms with Crippen molar-refractivity contribution in [1.82, 2.24) is 0 Å². The Morgan fingerprint density at radius 2 is 2.06 bits per heavy atom. The van der Waals surface area contributed by atoms with Crippen molar-refractivity contribution in [2.75, 3.05) is 0 Å². The van der Waals surface area contributed by atoms with E-state index in [2.05, 4.69) is 6.07 Å². The Bertz CT molecular complexity index is 533. The van der Waals surface area contributed by atoms with E-state index in [0.29, 0.717) is 5.41 Å². The first-order chi connectivity index (χ1) is 8.09. The maximum atomic E-state index is 10.7. The van der Waals surface area contributed by atoms with Crippen molar-refractivity contribution in [1.29, 1.82) is 5.26 Å². The first kappa shape index (κ1) is 10.3. The zero-order valence-corrected chi connectivity index (χ0v) is 9.35. The Kier molecular flexibility index (Phi) is 1.86. The first-order valence-electron chi connectivity index (χ1n) is 5.76. The molecule has 2 aliphatic rings. The summed E-state index contributed by atoms with van der Waals surface area (Å²) in [5, 5.41) is 20.1. The van der Waals surface area contributed by atoms with Gasteiger partial charge in [0, 0.05) is 12.1 Å². The molecular weight excluding hydrogens is 216 g/mol. The lowest BCUT2D eigenvalue weighted by Gasteiger charge is -2.43. The summed E-state index contributed by atoms with van der Waals surface area (Å²) in [7, 11) is 0. The maximum Gasteiger partial charge on any atom is 0.269 e. The second-order valence-corrected chi connectivity index (χ2v) is 5.35. The third-order valence-electron chi connectivity index (χ3n) is 4.13. The molecule has 2 aliphatic carbocycles. The summed E-state index contributed by atoms with van der Waals surface area (Å²) in [5.74, 6) is 0. The number of nitro groups is 1. The topological polar surface area (TPSA) is 66.9 Å². The molecule has 3 rings (SSSR count). The van der Waals surface area contributed by atoms with Crippen LogP contribution in [0.2, 0.25) is 0 Å². The van der Waals surface area contributed by atoms with Gasteiger partial charge in [-0.2, -0.15) is 5.26 Å². The van der Waals surface area contributed by atoms with E-state index in [-0.39, 0.29) is 5.69 Å². The van der Waals surface area contributed by atoms with E-state index in [1.165, 1.54) is 18.9 Å². The summed E-state index contributed by atoms with van der Waals surface area (Å²) >= 11 is 0. The van der Waals surface area contributed by atoms with Gasteiger partial charge in [0.1, 0.15) is 0 Å². The predicted octanol–water partition coefficient (Wildman–Crippen LogP) is 2.93. The van der Waals surface area contributed by atoms with E-state index in [1.54, 1.807) is 12.1 Å². The van der Waals surface area contributed by atoms with Crippen molar-refractivity contribution in [3.05, 3.63) is 39.9 Å². The number of nitrogens with zero attached hydrogens (tertiary/aromatic N) is 2. The van der Waals surface area contributed by atoms with Crippen molar-refractivity contribution in [3.63, 3.8) is 0 Å². The molecule has 4 nitrogen and oxygen atoms in total. The molecule has 17 heavy (non-hydrogen) atoms. The van der Waals surface area contributed by atoms with Crippen molar-refractivity contribution < 1.29 is 4.92 Å². The smallest absolute Gasteiger partial charge is 0.258 e. The fraction of sp³-hybridized carbons (Fsp3) is 0.462. The van der Waals surface area contributed by atoms with Gasteiger partial charge in [0.15, 0.2) is 0 Å². The van der Waals surface area contributed by atoms with Crippen LogP contribution in [0.15, 0.2) is 24.3 Å². The quantitative estimate of drug-likeness (QED) is 0.577. The molecule has 0 radical (unpaired) electrons. The minimum Gasteiger partial charge on any atom is -0.258 e. The fourth-order valence-electron chi connectivity index (χ4n) is 3.02. The van der Waals surface area contributed by atoms with Gasteiger partial charge in [0.05, 0.1) is 16.4 Å². The van der Waals surface area contributed by atoms with E-state index in [9.17, 15) is 15.4 Å². The molecule has 0 aromatic heterocycles. The molecule has 0 amide bonds. The predicted molar refractivity (Wildman–Crippen MR) is 61.3 cm³/mol.